The molecule has 0 aliphatic carbocycles. The monoisotopic (exact) mass is 274 g/mol. The van der Waals surface area contributed by atoms with E-state index in [1.165, 1.54) is 18.2 Å². The maximum Gasteiger partial charge on any atom is 0.282 e. The van der Waals surface area contributed by atoms with Gasteiger partial charge < -0.3 is 9.73 Å². The number of hydrogen-bond donors (Lipinski definition) is 1. The van der Waals surface area contributed by atoms with E-state index in [1.807, 2.05) is 13.0 Å². The molecular weight excluding hydrogens is 260 g/mol. The molecule has 0 radical (unpaired) electrons. The number of amides is 1. The fourth-order valence-electron chi connectivity index (χ4n) is 1.95. The second kappa shape index (κ2) is 5.56. The van der Waals surface area contributed by atoms with E-state index in [9.17, 15) is 14.9 Å². The van der Waals surface area contributed by atoms with Crippen LogP contribution in [0.3, 0.4) is 0 Å². The zero-order valence-corrected chi connectivity index (χ0v) is 11.2. The highest BCUT2D eigenvalue weighted by Gasteiger charge is 2.19. The van der Waals surface area contributed by atoms with E-state index < -0.39 is 10.8 Å². The molecule has 6 heteroatoms. The molecule has 1 heterocycles. The molecule has 0 saturated carbocycles. The van der Waals surface area contributed by atoms with Gasteiger partial charge in [0.05, 0.1) is 4.92 Å². The number of nitrogens with zero attached hydrogens (tertiary/aromatic N) is 1. The van der Waals surface area contributed by atoms with Crippen molar-refractivity contribution in [3.8, 4) is 0 Å². The van der Waals surface area contributed by atoms with Crippen molar-refractivity contribution >= 4 is 11.6 Å². The van der Waals surface area contributed by atoms with Crippen molar-refractivity contribution in [3.05, 3.63) is 63.1 Å². The van der Waals surface area contributed by atoms with Gasteiger partial charge in [-0.1, -0.05) is 12.1 Å². The summed E-state index contributed by atoms with van der Waals surface area (Å²) in [6.45, 7) is 3.90. The molecule has 104 valence electrons. The lowest BCUT2D eigenvalue weighted by Gasteiger charge is -2.05. The minimum atomic E-state index is -0.567. The molecule has 1 aromatic heterocycles. The Labute approximate surface area is 115 Å². The molecule has 0 aliphatic rings. The summed E-state index contributed by atoms with van der Waals surface area (Å²) in [6.07, 6.45) is 0. The van der Waals surface area contributed by atoms with Crippen molar-refractivity contribution in [2.24, 2.45) is 0 Å². The number of nitro groups is 1. The average Bonchev–Trinajstić information content (AvgIpc) is 2.74. The van der Waals surface area contributed by atoms with Crippen LogP contribution in [0.15, 0.2) is 34.7 Å². The van der Waals surface area contributed by atoms with Crippen molar-refractivity contribution in [1.29, 1.82) is 0 Å². The molecule has 6 nitrogen and oxygen atoms in total. The van der Waals surface area contributed by atoms with Gasteiger partial charge in [-0.05, 0) is 26.0 Å². The van der Waals surface area contributed by atoms with Crippen LogP contribution in [0.2, 0.25) is 0 Å². The number of rotatable bonds is 4. The summed E-state index contributed by atoms with van der Waals surface area (Å²) >= 11 is 0. The first kappa shape index (κ1) is 13.8. The molecule has 2 aromatic rings. The standard InChI is InChI=1S/C14H14N2O4/c1-9-7-11(10(2)20-9)8-15-14(17)12-5-3-4-6-13(12)16(18)19/h3-7H,8H2,1-2H3,(H,15,17). The Hall–Kier alpha value is -2.63. The van der Waals surface area contributed by atoms with E-state index in [4.69, 9.17) is 4.42 Å². The van der Waals surface area contributed by atoms with Gasteiger partial charge in [0.15, 0.2) is 0 Å². The molecule has 0 unspecified atom stereocenters. The number of carbonyl (C=O) groups is 1. The highest BCUT2D eigenvalue weighted by molar-refractivity contribution is 5.98. The molecule has 2 rings (SSSR count). The molecule has 0 spiro atoms. The number of nitro benzene ring substituents is 1. The number of hydrogen-bond acceptors (Lipinski definition) is 4. The smallest absolute Gasteiger partial charge is 0.282 e. The average molecular weight is 274 g/mol. The van der Waals surface area contributed by atoms with Crippen molar-refractivity contribution in [1.82, 2.24) is 5.32 Å². The van der Waals surface area contributed by atoms with Gasteiger partial charge in [0.1, 0.15) is 17.1 Å². The number of para-hydroxylation sites is 1. The summed E-state index contributed by atoms with van der Waals surface area (Å²) in [5.74, 6) is 1.01. The van der Waals surface area contributed by atoms with Crippen molar-refractivity contribution < 1.29 is 14.1 Å². The topological polar surface area (TPSA) is 85.4 Å². The molecule has 20 heavy (non-hydrogen) atoms. The van der Waals surface area contributed by atoms with Gasteiger partial charge in [-0.15, -0.1) is 0 Å². The maximum atomic E-state index is 12.0. The summed E-state index contributed by atoms with van der Waals surface area (Å²) in [5, 5.41) is 13.5. The number of nitrogens with one attached hydrogen (secondary N) is 1. The Balaban J connectivity index is 2.13. The zero-order chi connectivity index (χ0) is 14.7. The molecular formula is C14H14N2O4. The molecule has 0 aliphatic heterocycles. The summed E-state index contributed by atoms with van der Waals surface area (Å²) < 4.78 is 5.35. The van der Waals surface area contributed by atoms with Gasteiger partial charge in [-0.3, -0.25) is 14.9 Å². The van der Waals surface area contributed by atoms with Crippen LogP contribution in [0.1, 0.15) is 27.4 Å². The summed E-state index contributed by atoms with van der Waals surface area (Å²) in [5.41, 5.74) is 0.704. The molecule has 0 saturated heterocycles. The van der Waals surface area contributed by atoms with Crippen LogP contribution in [-0.2, 0) is 6.54 Å². The van der Waals surface area contributed by atoms with Crippen molar-refractivity contribution in [2.75, 3.05) is 0 Å². The van der Waals surface area contributed by atoms with Crippen LogP contribution in [0.25, 0.3) is 0 Å². The van der Waals surface area contributed by atoms with Crippen LogP contribution in [0, 0.1) is 24.0 Å². The third-order valence-corrected chi connectivity index (χ3v) is 2.93. The number of aryl methyl sites for hydroxylation is 2. The Morgan fingerprint density at radius 3 is 2.65 bits per heavy atom. The van der Waals surface area contributed by atoms with Gasteiger partial charge >= 0.3 is 0 Å². The maximum absolute atomic E-state index is 12.0. The van der Waals surface area contributed by atoms with E-state index in [0.29, 0.717) is 0 Å². The van der Waals surface area contributed by atoms with E-state index in [1.54, 1.807) is 13.0 Å². The summed E-state index contributed by atoms with van der Waals surface area (Å²) in [4.78, 5) is 22.3. The number of furan rings is 1. The fraction of sp³-hybridized carbons (Fsp3) is 0.214. The van der Waals surface area contributed by atoms with Gasteiger partial charge in [-0.2, -0.15) is 0 Å². The van der Waals surface area contributed by atoms with E-state index in [-0.39, 0.29) is 17.8 Å². The van der Waals surface area contributed by atoms with E-state index >= 15 is 0 Å². The first-order chi connectivity index (χ1) is 9.49. The van der Waals surface area contributed by atoms with Crippen LogP contribution in [0.5, 0.6) is 0 Å². The van der Waals surface area contributed by atoms with Crippen LogP contribution >= 0.6 is 0 Å². The molecule has 0 bridgehead atoms. The minimum Gasteiger partial charge on any atom is -0.466 e. The fourth-order valence-corrected chi connectivity index (χ4v) is 1.95. The number of benzene rings is 1. The van der Waals surface area contributed by atoms with Gasteiger partial charge in [0.2, 0.25) is 0 Å². The first-order valence-corrected chi connectivity index (χ1v) is 6.06. The largest absolute Gasteiger partial charge is 0.466 e. The SMILES string of the molecule is Cc1cc(CNC(=O)c2ccccc2[N+](=O)[O-])c(C)o1. The second-order valence-electron chi connectivity index (χ2n) is 4.40. The number of carbonyl (C=O) groups excluding carboxylic acids is 1. The Morgan fingerprint density at radius 2 is 2.05 bits per heavy atom. The molecule has 1 N–H and O–H groups in total. The van der Waals surface area contributed by atoms with Gasteiger partial charge in [0, 0.05) is 18.2 Å². The Morgan fingerprint density at radius 1 is 1.35 bits per heavy atom. The summed E-state index contributed by atoms with van der Waals surface area (Å²) in [7, 11) is 0. The molecule has 0 atom stereocenters. The highest BCUT2D eigenvalue weighted by Crippen LogP contribution is 2.18. The van der Waals surface area contributed by atoms with Gasteiger partial charge in [0.25, 0.3) is 11.6 Å². The van der Waals surface area contributed by atoms with E-state index in [0.717, 1.165) is 17.1 Å². The van der Waals surface area contributed by atoms with Crippen LogP contribution < -0.4 is 5.32 Å². The quantitative estimate of drug-likeness (QED) is 0.686. The molecule has 0 fully saturated rings. The van der Waals surface area contributed by atoms with Crippen molar-refractivity contribution in [3.63, 3.8) is 0 Å². The lowest BCUT2D eigenvalue weighted by atomic mass is 10.1. The normalized spacial score (nSPS) is 10.3. The Kier molecular flexibility index (Phi) is 3.84. The van der Waals surface area contributed by atoms with Crippen LogP contribution in [-0.4, -0.2) is 10.8 Å². The predicted molar refractivity (Wildman–Crippen MR) is 72.4 cm³/mol. The third-order valence-electron chi connectivity index (χ3n) is 2.93. The highest BCUT2D eigenvalue weighted by atomic mass is 16.6. The molecule has 1 amide bonds. The van der Waals surface area contributed by atoms with Crippen molar-refractivity contribution in [2.45, 2.75) is 20.4 Å². The lowest BCUT2D eigenvalue weighted by molar-refractivity contribution is -0.385. The van der Waals surface area contributed by atoms with Gasteiger partial charge in [-0.25, -0.2) is 0 Å². The zero-order valence-electron chi connectivity index (χ0n) is 11.2. The lowest BCUT2D eigenvalue weighted by Crippen LogP contribution is -2.23. The third kappa shape index (κ3) is 2.85. The Bertz CT molecular complexity index is 661. The summed E-state index contributed by atoms with van der Waals surface area (Å²) in [6, 6.07) is 7.69. The predicted octanol–water partition coefficient (Wildman–Crippen LogP) is 2.73. The first-order valence-electron chi connectivity index (χ1n) is 6.06. The second-order valence-corrected chi connectivity index (χ2v) is 4.40. The molecule has 1 aromatic carbocycles. The van der Waals surface area contributed by atoms with Crippen LogP contribution in [0.4, 0.5) is 5.69 Å². The minimum absolute atomic E-state index is 0.0513. The van der Waals surface area contributed by atoms with E-state index in [2.05, 4.69) is 5.32 Å².